The number of likely N-dealkylation sites (tertiary alicyclic amines) is 1. The van der Waals surface area contributed by atoms with Crippen LogP contribution in [0.2, 0.25) is 0 Å². The molecule has 1 saturated heterocycles. The van der Waals surface area contributed by atoms with Crippen LogP contribution in [0.5, 0.6) is 0 Å². The molecule has 2 atom stereocenters. The number of ketones is 2. The van der Waals surface area contributed by atoms with Gasteiger partial charge in [-0.15, -0.1) is 0 Å². The molecule has 1 aliphatic rings. The van der Waals surface area contributed by atoms with Gasteiger partial charge in [-0.05, 0) is 6.42 Å². The van der Waals surface area contributed by atoms with Crippen LogP contribution in [-0.4, -0.2) is 49.2 Å². The average Bonchev–Trinajstić information content (AvgIpc) is 2.80. The van der Waals surface area contributed by atoms with Crippen molar-refractivity contribution in [3.63, 3.8) is 0 Å². The third kappa shape index (κ3) is 3.66. The minimum absolute atomic E-state index is 0.101. The number of ether oxygens (including phenoxy) is 1. The van der Waals surface area contributed by atoms with Crippen LogP contribution in [-0.2, 0) is 14.3 Å². The minimum Gasteiger partial charge on any atom is -0.383 e. The Morgan fingerprint density at radius 2 is 1.84 bits per heavy atom. The predicted octanol–water partition coefficient (Wildman–Crippen LogP) is 2.74. The number of amides is 1. The Morgan fingerprint density at radius 1 is 1.24 bits per heavy atom. The molecular weight excluding hydrogens is 318 g/mol. The molecule has 0 aliphatic carbocycles. The average molecular weight is 345 g/mol. The van der Waals surface area contributed by atoms with Crippen molar-refractivity contribution in [1.82, 2.24) is 4.90 Å². The number of carbonyl (C=O) groups excluding carboxylic acids is 3. The normalized spacial score (nSPS) is 23.8. The molecule has 1 heterocycles. The van der Waals surface area contributed by atoms with Gasteiger partial charge in [-0.3, -0.25) is 14.4 Å². The van der Waals surface area contributed by atoms with E-state index in [1.165, 1.54) is 0 Å². The van der Waals surface area contributed by atoms with Crippen molar-refractivity contribution in [2.75, 3.05) is 20.8 Å². The van der Waals surface area contributed by atoms with Gasteiger partial charge in [0, 0.05) is 31.6 Å². The first-order chi connectivity index (χ1) is 11.6. The molecule has 2 rings (SSSR count). The van der Waals surface area contributed by atoms with Gasteiger partial charge in [0.05, 0.1) is 12.6 Å². The van der Waals surface area contributed by atoms with E-state index < -0.39 is 10.8 Å². The third-order valence-corrected chi connectivity index (χ3v) is 4.89. The number of carbonyl (C=O) groups is 3. The van der Waals surface area contributed by atoms with E-state index in [4.69, 9.17) is 4.74 Å². The van der Waals surface area contributed by atoms with E-state index in [9.17, 15) is 14.4 Å². The molecule has 0 saturated carbocycles. The lowest BCUT2D eigenvalue weighted by Gasteiger charge is -2.31. The second-order valence-electron chi connectivity index (χ2n) is 7.86. The Hall–Kier alpha value is -2.01. The predicted molar refractivity (Wildman–Crippen MR) is 95.3 cm³/mol. The van der Waals surface area contributed by atoms with Crippen LogP contribution in [0.15, 0.2) is 30.3 Å². The second-order valence-corrected chi connectivity index (χ2v) is 7.86. The summed E-state index contributed by atoms with van der Waals surface area (Å²) in [5, 5.41) is 0. The largest absolute Gasteiger partial charge is 0.383 e. The SMILES string of the molecule is COC[C@@H]1CC(CC(=O)c2ccccc2)(C(=O)C(C)(C)C)C(=O)N1C. The number of rotatable bonds is 6. The minimum atomic E-state index is -1.32. The van der Waals surface area contributed by atoms with Gasteiger partial charge in [-0.1, -0.05) is 51.1 Å². The van der Waals surface area contributed by atoms with Crippen molar-refractivity contribution in [2.45, 2.75) is 39.7 Å². The van der Waals surface area contributed by atoms with Crippen molar-refractivity contribution >= 4 is 17.5 Å². The topological polar surface area (TPSA) is 63.7 Å². The fourth-order valence-electron chi connectivity index (χ4n) is 3.63. The van der Waals surface area contributed by atoms with Gasteiger partial charge in [-0.25, -0.2) is 0 Å². The first kappa shape index (κ1) is 19.3. The van der Waals surface area contributed by atoms with Crippen LogP contribution in [0.25, 0.3) is 0 Å². The molecule has 0 bridgehead atoms. The van der Waals surface area contributed by atoms with Crippen LogP contribution >= 0.6 is 0 Å². The smallest absolute Gasteiger partial charge is 0.236 e. The summed E-state index contributed by atoms with van der Waals surface area (Å²) in [6.07, 6.45) is 0.210. The fourth-order valence-corrected chi connectivity index (χ4v) is 3.63. The number of benzene rings is 1. The molecule has 5 heteroatoms. The zero-order valence-electron chi connectivity index (χ0n) is 15.7. The zero-order chi connectivity index (χ0) is 18.8. The molecule has 1 aromatic carbocycles. The number of Topliss-reactive ketones (excluding diaryl/α,β-unsaturated/α-hetero) is 2. The van der Waals surface area contributed by atoms with Crippen LogP contribution < -0.4 is 0 Å². The van der Waals surface area contributed by atoms with Gasteiger partial charge in [0.25, 0.3) is 0 Å². The monoisotopic (exact) mass is 345 g/mol. The molecule has 1 fully saturated rings. The number of hydrogen-bond acceptors (Lipinski definition) is 4. The van der Waals surface area contributed by atoms with Crippen molar-refractivity contribution in [1.29, 1.82) is 0 Å². The molecular formula is C20H27NO4. The van der Waals surface area contributed by atoms with Gasteiger partial charge in [-0.2, -0.15) is 0 Å². The first-order valence-corrected chi connectivity index (χ1v) is 8.53. The second kappa shape index (κ2) is 7.08. The summed E-state index contributed by atoms with van der Waals surface area (Å²) in [5.74, 6) is -0.642. The fraction of sp³-hybridized carbons (Fsp3) is 0.550. The molecule has 1 aliphatic heterocycles. The third-order valence-electron chi connectivity index (χ3n) is 4.89. The Morgan fingerprint density at radius 3 is 2.36 bits per heavy atom. The van der Waals surface area contributed by atoms with Gasteiger partial charge >= 0.3 is 0 Å². The molecule has 0 radical (unpaired) electrons. The van der Waals surface area contributed by atoms with E-state index in [1.54, 1.807) is 64.1 Å². The molecule has 0 N–H and O–H groups in total. The van der Waals surface area contributed by atoms with E-state index in [0.717, 1.165) is 0 Å². The lowest BCUT2D eigenvalue weighted by atomic mass is 9.67. The summed E-state index contributed by atoms with van der Waals surface area (Å²) in [5.41, 5.74) is -1.51. The molecule has 5 nitrogen and oxygen atoms in total. The summed E-state index contributed by atoms with van der Waals surface area (Å²) in [7, 11) is 3.25. The van der Waals surface area contributed by atoms with E-state index in [2.05, 4.69) is 0 Å². The van der Waals surface area contributed by atoms with Crippen LogP contribution in [0.1, 0.15) is 44.0 Å². The van der Waals surface area contributed by atoms with Crippen LogP contribution in [0, 0.1) is 10.8 Å². The Kier molecular flexibility index (Phi) is 5.47. The summed E-state index contributed by atoms with van der Waals surface area (Å²) >= 11 is 0. The molecule has 0 spiro atoms. The van der Waals surface area contributed by atoms with Crippen molar-refractivity contribution in [2.24, 2.45) is 10.8 Å². The van der Waals surface area contributed by atoms with E-state index in [-0.39, 0.29) is 29.9 Å². The van der Waals surface area contributed by atoms with Crippen LogP contribution in [0.3, 0.4) is 0 Å². The number of hydrogen-bond donors (Lipinski definition) is 0. The van der Waals surface area contributed by atoms with Gasteiger partial charge in [0.2, 0.25) is 5.91 Å². The van der Waals surface area contributed by atoms with Gasteiger partial charge in [0.15, 0.2) is 11.6 Å². The molecule has 136 valence electrons. The summed E-state index contributed by atoms with van der Waals surface area (Å²) in [4.78, 5) is 40.6. The van der Waals surface area contributed by atoms with Crippen molar-refractivity contribution < 1.29 is 19.1 Å². The quantitative estimate of drug-likeness (QED) is 0.587. The zero-order valence-corrected chi connectivity index (χ0v) is 15.7. The summed E-state index contributed by atoms with van der Waals surface area (Å²) < 4.78 is 5.20. The maximum absolute atomic E-state index is 13.2. The number of methoxy groups -OCH3 is 1. The highest BCUT2D eigenvalue weighted by Crippen LogP contribution is 2.44. The van der Waals surface area contributed by atoms with E-state index >= 15 is 0 Å². The molecule has 0 aromatic heterocycles. The van der Waals surface area contributed by atoms with E-state index in [1.807, 2.05) is 6.07 Å². The van der Waals surface area contributed by atoms with Gasteiger partial charge < -0.3 is 9.64 Å². The Labute approximate surface area is 149 Å². The first-order valence-electron chi connectivity index (χ1n) is 8.53. The van der Waals surface area contributed by atoms with Crippen molar-refractivity contribution in [3.8, 4) is 0 Å². The van der Waals surface area contributed by atoms with Crippen molar-refractivity contribution in [3.05, 3.63) is 35.9 Å². The van der Waals surface area contributed by atoms with Gasteiger partial charge in [0.1, 0.15) is 5.41 Å². The number of nitrogens with zero attached hydrogens (tertiary/aromatic N) is 1. The lowest BCUT2D eigenvalue weighted by molar-refractivity contribution is -0.148. The molecule has 1 aromatic rings. The Balaban J connectivity index is 2.42. The van der Waals surface area contributed by atoms with E-state index in [0.29, 0.717) is 18.6 Å². The molecule has 1 unspecified atom stereocenters. The van der Waals surface area contributed by atoms with Crippen LogP contribution in [0.4, 0.5) is 0 Å². The molecule has 1 amide bonds. The lowest BCUT2D eigenvalue weighted by Crippen LogP contribution is -2.46. The standard InChI is InChI=1S/C20H27NO4/c1-19(2,3)17(23)20(11-15(13-25-5)21(4)18(20)24)12-16(22)14-9-7-6-8-10-14/h6-10,15H,11-13H2,1-5H3/t15-,20?/m0/s1. The highest BCUT2D eigenvalue weighted by molar-refractivity contribution is 6.13. The molecule has 25 heavy (non-hydrogen) atoms. The number of likely N-dealkylation sites (N-methyl/N-ethyl adjacent to an activating group) is 1. The summed E-state index contributed by atoms with van der Waals surface area (Å²) in [6, 6.07) is 8.62. The summed E-state index contributed by atoms with van der Waals surface area (Å²) in [6.45, 7) is 5.73. The maximum atomic E-state index is 13.2. The maximum Gasteiger partial charge on any atom is 0.236 e. The highest BCUT2D eigenvalue weighted by atomic mass is 16.5. The Bertz CT molecular complexity index is 662. The highest BCUT2D eigenvalue weighted by Gasteiger charge is 2.58.